The molecule has 1 rings (SSSR count). The summed E-state index contributed by atoms with van der Waals surface area (Å²) in [4.78, 5) is 3.32. The van der Waals surface area contributed by atoms with Crippen LogP contribution in [-0.4, -0.2) is 13.4 Å². The molecule has 0 aliphatic heterocycles. The van der Waals surface area contributed by atoms with Crippen molar-refractivity contribution in [3.63, 3.8) is 0 Å². The zero-order chi connectivity index (χ0) is 10.1. The second-order valence-corrected chi connectivity index (χ2v) is 3.89. The SMILES string of the molecule is NS(=O)(=O)Cc1ncoc1C(F)F. The van der Waals surface area contributed by atoms with Gasteiger partial charge in [-0.3, -0.25) is 0 Å². The maximum Gasteiger partial charge on any atom is 0.297 e. The predicted octanol–water partition coefficient (Wildman–Crippen LogP) is 0.401. The number of primary sulfonamides is 1. The van der Waals surface area contributed by atoms with Gasteiger partial charge in [-0.2, -0.15) is 0 Å². The van der Waals surface area contributed by atoms with Crippen LogP contribution >= 0.6 is 0 Å². The van der Waals surface area contributed by atoms with Crippen molar-refractivity contribution in [3.8, 4) is 0 Å². The van der Waals surface area contributed by atoms with Crippen molar-refractivity contribution in [1.29, 1.82) is 0 Å². The Bertz CT molecular complexity index is 386. The van der Waals surface area contributed by atoms with Crippen molar-refractivity contribution >= 4 is 10.0 Å². The van der Waals surface area contributed by atoms with Gasteiger partial charge in [-0.25, -0.2) is 27.3 Å². The third kappa shape index (κ3) is 2.74. The number of halogens is 2. The fourth-order valence-corrected chi connectivity index (χ4v) is 1.35. The summed E-state index contributed by atoms with van der Waals surface area (Å²) in [5.74, 6) is -1.50. The Morgan fingerprint density at radius 1 is 1.62 bits per heavy atom. The van der Waals surface area contributed by atoms with Crippen molar-refractivity contribution < 1.29 is 21.6 Å². The van der Waals surface area contributed by atoms with Gasteiger partial charge in [0.25, 0.3) is 6.43 Å². The molecule has 0 radical (unpaired) electrons. The van der Waals surface area contributed by atoms with Crippen molar-refractivity contribution in [3.05, 3.63) is 17.8 Å². The average molecular weight is 212 g/mol. The topological polar surface area (TPSA) is 86.2 Å². The first-order valence-corrected chi connectivity index (χ1v) is 4.82. The maximum atomic E-state index is 12.1. The molecule has 1 aromatic rings. The average Bonchev–Trinajstić information content (AvgIpc) is 2.31. The van der Waals surface area contributed by atoms with E-state index in [1.54, 1.807) is 0 Å². The number of hydrogen-bond acceptors (Lipinski definition) is 4. The molecular weight excluding hydrogens is 206 g/mol. The summed E-state index contributed by atoms with van der Waals surface area (Å²) >= 11 is 0. The third-order valence-corrected chi connectivity index (χ3v) is 1.88. The van der Waals surface area contributed by atoms with Crippen LogP contribution < -0.4 is 5.14 Å². The number of aromatic nitrogens is 1. The van der Waals surface area contributed by atoms with Crippen LogP contribution in [0.3, 0.4) is 0 Å². The Balaban J connectivity index is 2.96. The Hall–Kier alpha value is -1.02. The lowest BCUT2D eigenvalue weighted by Crippen LogP contribution is -2.15. The van der Waals surface area contributed by atoms with E-state index in [1.165, 1.54) is 0 Å². The van der Waals surface area contributed by atoms with Crippen molar-refractivity contribution in [1.82, 2.24) is 4.98 Å². The zero-order valence-electron chi connectivity index (χ0n) is 6.28. The van der Waals surface area contributed by atoms with Crippen LogP contribution in [0.4, 0.5) is 8.78 Å². The van der Waals surface area contributed by atoms with Gasteiger partial charge in [0, 0.05) is 0 Å². The summed E-state index contributed by atoms with van der Waals surface area (Å²) in [7, 11) is -3.86. The van der Waals surface area contributed by atoms with Crippen LogP contribution in [0, 0.1) is 0 Å². The van der Waals surface area contributed by atoms with Gasteiger partial charge < -0.3 is 4.42 Å². The summed E-state index contributed by atoms with van der Waals surface area (Å²) in [5, 5.41) is 4.64. The maximum absolute atomic E-state index is 12.1. The van der Waals surface area contributed by atoms with Crippen molar-refractivity contribution in [2.24, 2.45) is 5.14 Å². The summed E-state index contributed by atoms with van der Waals surface area (Å²) < 4.78 is 49.5. The first-order valence-electron chi connectivity index (χ1n) is 3.11. The molecule has 1 aromatic heterocycles. The minimum Gasteiger partial charge on any atom is -0.442 e. The smallest absolute Gasteiger partial charge is 0.297 e. The largest absolute Gasteiger partial charge is 0.442 e. The Labute approximate surface area is 72.6 Å². The van der Waals surface area contributed by atoms with Gasteiger partial charge in [0.2, 0.25) is 10.0 Å². The van der Waals surface area contributed by atoms with E-state index in [0.29, 0.717) is 0 Å². The number of rotatable bonds is 3. The lowest BCUT2D eigenvalue weighted by atomic mass is 10.4. The third-order valence-electron chi connectivity index (χ3n) is 1.21. The molecule has 5 nitrogen and oxygen atoms in total. The Morgan fingerprint density at radius 3 is 2.69 bits per heavy atom. The highest BCUT2D eigenvalue weighted by molar-refractivity contribution is 7.88. The molecule has 0 aromatic carbocycles. The Kier molecular flexibility index (Phi) is 2.62. The highest BCUT2D eigenvalue weighted by atomic mass is 32.2. The van der Waals surface area contributed by atoms with E-state index in [4.69, 9.17) is 0 Å². The number of alkyl halides is 2. The molecule has 0 saturated carbocycles. The first-order chi connectivity index (χ1) is 5.90. The monoisotopic (exact) mass is 212 g/mol. The highest BCUT2D eigenvalue weighted by Gasteiger charge is 2.21. The van der Waals surface area contributed by atoms with E-state index in [2.05, 4.69) is 14.5 Å². The van der Waals surface area contributed by atoms with Crippen LogP contribution in [0.15, 0.2) is 10.8 Å². The summed E-state index contributed by atoms with van der Waals surface area (Å²) in [6.07, 6.45) is -2.14. The van der Waals surface area contributed by atoms with Crippen molar-refractivity contribution in [2.75, 3.05) is 0 Å². The molecule has 0 amide bonds. The van der Waals surface area contributed by atoms with Gasteiger partial charge in [-0.05, 0) is 0 Å². The number of sulfonamides is 1. The predicted molar refractivity (Wildman–Crippen MR) is 38.3 cm³/mol. The number of hydrogen-bond donors (Lipinski definition) is 1. The number of nitrogens with two attached hydrogens (primary N) is 1. The van der Waals surface area contributed by atoms with Crippen LogP contribution in [0.5, 0.6) is 0 Å². The summed E-state index contributed by atoms with van der Waals surface area (Å²) in [6, 6.07) is 0. The van der Waals surface area contributed by atoms with Gasteiger partial charge in [-0.1, -0.05) is 0 Å². The lowest BCUT2D eigenvalue weighted by molar-refractivity contribution is 0.120. The van der Waals surface area contributed by atoms with Crippen LogP contribution in [0.1, 0.15) is 17.9 Å². The molecule has 2 N–H and O–H groups in total. The fourth-order valence-electron chi connectivity index (χ4n) is 0.755. The van der Waals surface area contributed by atoms with Gasteiger partial charge in [0.1, 0.15) is 11.4 Å². The summed E-state index contributed by atoms with van der Waals surface area (Å²) in [5.41, 5.74) is -0.350. The molecular formula is C5H6F2N2O3S. The highest BCUT2D eigenvalue weighted by Crippen LogP contribution is 2.22. The van der Waals surface area contributed by atoms with E-state index in [0.717, 1.165) is 6.39 Å². The number of nitrogens with zero attached hydrogens (tertiary/aromatic N) is 1. The molecule has 13 heavy (non-hydrogen) atoms. The van der Waals surface area contributed by atoms with Crippen LogP contribution in [0.2, 0.25) is 0 Å². The van der Waals surface area contributed by atoms with Crippen LogP contribution in [-0.2, 0) is 15.8 Å². The van der Waals surface area contributed by atoms with Crippen LogP contribution in [0.25, 0.3) is 0 Å². The molecule has 0 spiro atoms. The molecule has 0 unspecified atom stereocenters. The molecule has 0 saturated heterocycles. The molecule has 0 aliphatic carbocycles. The lowest BCUT2D eigenvalue weighted by Gasteiger charge is -1.97. The van der Waals surface area contributed by atoms with Crippen molar-refractivity contribution in [2.45, 2.75) is 12.2 Å². The van der Waals surface area contributed by atoms with E-state index in [1.807, 2.05) is 0 Å². The first kappa shape index (κ1) is 10.1. The second-order valence-electron chi connectivity index (χ2n) is 2.27. The minimum atomic E-state index is -3.86. The minimum absolute atomic E-state index is 0.350. The molecule has 0 fully saturated rings. The molecule has 8 heteroatoms. The van der Waals surface area contributed by atoms with Gasteiger partial charge in [0.15, 0.2) is 12.2 Å². The van der Waals surface area contributed by atoms with Gasteiger partial charge in [-0.15, -0.1) is 0 Å². The quantitative estimate of drug-likeness (QED) is 0.785. The molecule has 74 valence electrons. The normalized spacial score (nSPS) is 12.3. The molecule has 0 bridgehead atoms. The van der Waals surface area contributed by atoms with E-state index >= 15 is 0 Å². The van der Waals surface area contributed by atoms with Gasteiger partial charge >= 0.3 is 0 Å². The standard InChI is InChI=1S/C5H6F2N2O3S/c6-5(7)4-3(9-2-12-4)1-13(8,10)11/h2,5H,1H2,(H2,8,10,11). The van der Waals surface area contributed by atoms with Gasteiger partial charge in [0.05, 0.1) is 0 Å². The Morgan fingerprint density at radius 2 is 2.23 bits per heavy atom. The zero-order valence-corrected chi connectivity index (χ0v) is 7.09. The number of oxazole rings is 1. The molecule has 0 atom stereocenters. The second kappa shape index (κ2) is 3.38. The van der Waals surface area contributed by atoms with E-state index in [9.17, 15) is 17.2 Å². The molecule has 0 aliphatic rings. The van der Waals surface area contributed by atoms with E-state index < -0.39 is 28.0 Å². The van der Waals surface area contributed by atoms with E-state index in [-0.39, 0.29) is 5.69 Å². The fraction of sp³-hybridized carbons (Fsp3) is 0.400. The summed E-state index contributed by atoms with van der Waals surface area (Å²) in [6.45, 7) is 0. The molecule has 1 heterocycles.